The molecular weight excluding hydrogens is 520 g/mol. The Labute approximate surface area is 230 Å². The summed E-state index contributed by atoms with van der Waals surface area (Å²) in [6.07, 6.45) is 0. The van der Waals surface area contributed by atoms with Crippen molar-refractivity contribution in [2.75, 3.05) is 18.0 Å². The van der Waals surface area contributed by atoms with Crippen molar-refractivity contribution in [1.29, 1.82) is 0 Å². The molecule has 1 aromatic heterocycles. The summed E-state index contributed by atoms with van der Waals surface area (Å²) in [4.78, 5) is 50.3. The fourth-order valence-corrected chi connectivity index (χ4v) is 6.52. The quantitative estimate of drug-likeness (QED) is 0.485. The Kier molecular flexibility index (Phi) is 6.88. The van der Waals surface area contributed by atoms with Gasteiger partial charge in [-0.3, -0.25) is 19.0 Å². The first kappa shape index (κ1) is 26.1. The molecule has 3 aromatic rings. The smallest absolute Gasteiger partial charge is 0.271 e. The van der Waals surface area contributed by atoms with Crippen molar-refractivity contribution in [3.63, 3.8) is 0 Å². The SMILES string of the molecule is CCN(CC)C(=O)C1=C(C)N=c2s/c(=C3\C(=O)N(C(C)C)c4ccccc43)c(=O)n2[C@@H]1c1ccc(Cl)cc1. The molecule has 7 nitrogen and oxygen atoms in total. The molecule has 2 aromatic carbocycles. The van der Waals surface area contributed by atoms with Gasteiger partial charge in [-0.1, -0.05) is 53.3 Å². The monoisotopic (exact) mass is 548 g/mol. The second kappa shape index (κ2) is 10.0. The zero-order valence-electron chi connectivity index (χ0n) is 22.0. The molecule has 0 N–H and O–H groups in total. The van der Waals surface area contributed by atoms with E-state index >= 15 is 0 Å². The number of hydrogen-bond acceptors (Lipinski definition) is 5. The number of benzene rings is 2. The Morgan fingerprint density at radius 1 is 1.08 bits per heavy atom. The summed E-state index contributed by atoms with van der Waals surface area (Å²) in [6.45, 7) is 10.6. The van der Waals surface area contributed by atoms with Crippen LogP contribution in [0.15, 0.2) is 69.6 Å². The van der Waals surface area contributed by atoms with Crippen LogP contribution < -0.4 is 19.8 Å². The summed E-state index contributed by atoms with van der Waals surface area (Å²) in [5.41, 5.74) is 3.31. The Bertz CT molecular complexity index is 1660. The van der Waals surface area contributed by atoms with Gasteiger partial charge in [0.05, 0.1) is 28.6 Å². The number of amides is 2. The molecule has 2 amide bonds. The van der Waals surface area contributed by atoms with Gasteiger partial charge in [-0.05, 0) is 58.4 Å². The molecule has 0 spiro atoms. The average molecular weight is 549 g/mol. The molecule has 1 atom stereocenters. The number of aromatic nitrogens is 1. The third-order valence-electron chi connectivity index (χ3n) is 7.07. The largest absolute Gasteiger partial charge is 0.339 e. The van der Waals surface area contributed by atoms with Crippen molar-refractivity contribution >= 4 is 46.0 Å². The number of likely N-dealkylation sites (N-methyl/N-ethyl adjacent to an activating group) is 1. The van der Waals surface area contributed by atoms with Crippen molar-refractivity contribution in [2.24, 2.45) is 4.99 Å². The fraction of sp³-hybridized carbons (Fsp3) is 0.310. The predicted octanol–water partition coefficient (Wildman–Crippen LogP) is 3.88. The summed E-state index contributed by atoms with van der Waals surface area (Å²) < 4.78 is 1.89. The molecule has 0 radical (unpaired) electrons. The molecular formula is C29H29ClN4O3S. The number of fused-ring (bicyclic) bond motifs is 2. The molecule has 9 heteroatoms. The number of anilines is 1. The van der Waals surface area contributed by atoms with Crippen LogP contribution in [0.2, 0.25) is 5.02 Å². The molecule has 5 rings (SSSR count). The predicted molar refractivity (Wildman–Crippen MR) is 151 cm³/mol. The Morgan fingerprint density at radius 2 is 1.74 bits per heavy atom. The van der Waals surface area contributed by atoms with Crippen molar-refractivity contribution in [3.05, 3.63) is 95.6 Å². The number of nitrogens with zero attached hydrogens (tertiary/aromatic N) is 4. The first-order chi connectivity index (χ1) is 18.2. The van der Waals surface area contributed by atoms with Crippen molar-refractivity contribution < 1.29 is 9.59 Å². The van der Waals surface area contributed by atoms with Crippen LogP contribution in [-0.2, 0) is 9.59 Å². The number of halogens is 1. The van der Waals surface area contributed by atoms with Crippen molar-refractivity contribution in [1.82, 2.24) is 9.47 Å². The minimum atomic E-state index is -0.695. The van der Waals surface area contributed by atoms with E-state index < -0.39 is 6.04 Å². The van der Waals surface area contributed by atoms with Gasteiger partial charge in [0.1, 0.15) is 4.53 Å². The molecule has 0 saturated carbocycles. The minimum Gasteiger partial charge on any atom is -0.339 e. The highest BCUT2D eigenvalue weighted by Gasteiger charge is 2.38. The standard InChI is InChI=1S/C29H29ClN4O3S/c1-6-32(7-2)26(35)22-17(5)31-29-34(24(22)18-12-14-19(30)15-13-18)28(37)25(38-29)23-20-10-8-9-11-21(20)33(16(3)4)27(23)36/h8-16,24H,6-7H2,1-5H3/b25-23-/t24-/m1/s1. The Balaban J connectivity index is 1.82. The zero-order chi connectivity index (χ0) is 27.3. The molecule has 0 unspecified atom stereocenters. The number of para-hydroxylation sites is 1. The normalized spacial score (nSPS) is 18.0. The first-order valence-electron chi connectivity index (χ1n) is 12.7. The average Bonchev–Trinajstić information content (AvgIpc) is 3.36. The molecule has 0 fully saturated rings. The van der Waals surface area contributed by atoms with E-state index in [1.807, 2.05) is 64.1 Å². The van der Waals surface area contributed by atoms with E-state index in [9.17, 15) is 14.4 Å². The number of carbonyl (C=O) groups excluding carboxylic acids is 2. The lowest BCUT2D eigenvalue weighted by Crippen LogP contribution is -2.43. The molecule has 3 heterocycles. The number of allylic oxidation sites excluding steroid dienone is 1. The van der Waals surface area contributed by atoms with Crippen LogP contribution in [0.5, 0.6) is 0 Å². The van der Waals surface area contributed by atoms with Crippen LogP contribution in [0.1, 0.15) is 51.8 Å². The van der Waals surface area contributed by atoms with Gasteiger partial charge in [-0.2, -0.15) is 0 Å². The van der Waals surface area contributed by atoms with E-state index in [0.29, 0.717) is 44.3 Å². The lowest BCUT2D eigenvalue weighted by Gasteiger charge is -2.29. The van der Waals surface area contributed by atoms with Crippen LogP contribution in [0.25, 0.3) is 5.57 Å². The van der Waals surface area contributed by atoms with Gasteiger partial charge in [-0.25, -0.2) is 4.99 Å². The van der Waals surface area contributed by atoms with Crippen molar-refractivity contribution in [3.8, 4) is 0 Å². The third kappa shape index (κ3) is 4.03. The number of hydrogen-bond donors (Lipinski definition) is 0. The molecule has 0 bridgehead atoms. The van der Waals surface area contributed by atoms with E-state index in [0.717, 1.165) is 16.8 Å². The summed E-state index contributed by atoms with van der Waals surface area (Å²) in [5.74, 6) is -0.368. The number of carbonyl (C=O) groups is 2. The lowest BCUT2D eigenvalue weighted by molar-refractivity contribution is -0.127. The maximum Gasteiger partial charge on any atom is 0.271 e. The molecule has 38 heavy (non-hydrogen) atoms. The van der Waals surface area contributed by atoms with Gasteiger partial charge in [0.2, 0.25) is 0 Å². The van der Waals surface area contributed by atoms with Crippen LogP contribution in [0, 0.1) is 0 Å². The van der Waals surface area contributed by atoms with E-state index in [1.165, 1.54) is 11.3 Å². The van der Waals surface area contributed by atoms with Gasteiger partial charge >= 0.3 is 0 Å². The van der Waals surface area contributed by atoms with Gasteiger partial charge in [0.25, 0.3) is 17.4 Å². The Morgan fingerprint density at radius 3 is 2.37 bits per heavy atom. The Hall–Kier alpha value is -3.49. The summed E-state index contributed by atoms with van der Waals surface area (Å²) in [5, 5.41) is 0.558. The number of rotatable bonds is 5. The van der Waals surface area contributed by atoms with E-state index in [4.69, 9.17) is 16.6 Å². The third-order valence-corrected chi connectivity index (χ3v) is 8.38. The molecule has 0 aliphatic carbocycles. The van der Waals surface area contributed by atoms with Gasteiger partial charge in [-0.15, -0.1) is 0 Å². The maximum absolute atomic E-state index is 14.2. The van der Waals surface area contributed by atoms with E-state index in [1.54, 1.807) is 33.4 Å². The molecule has 2 aliphatic heterocycles. The second-order valence-electron chi connectivity index (χ2n) is 9.59. The lowest BCUT2D eigenvalue weighted by atomic mass is 9.94. The number of thiazole rings is 1. The second-order valence-corrected chi connectivity index (χ2v) is 11.0. The van der Waals surface area contributed by atoms with Crippen LogP contribution in [0.4, 0.5) is 5.69 Å². The highest BCUT2D eigenvalue weighted by molar-refractivity contribution is 7.07. The summed E-state index contributed by atoms with van der Waals surface area (Å²) in [6, 6.07) is 13.9. The van der Waals surface area contributed by atoms with Crippen LogP contribution in [0.3, 0.4) is 0 Å². The van der Waals surface area contributed by atoms with Gasteiger partial charge in [0.15, 0.2) is 4.80 Å². The van der Waals surface area contributed by atoms with Gasteiger partial charge in [0, 0.05) is 29.7 Å². The maximum atomic E-state index is 14.2. The topological polar surface area (TPSA) is 75.0 Å². The van der Waals surface area contributed by atoms with E-state index in [2.05, 4.69) is 0 Å². The summed E-state index contributed by atoms with van der Waals surface area (Å²) >= 11 is 7.37. The molecule has 196 valence electrons. The minimum absolute atomic E-state index is 0.0767. The first-order valence-corrected chi connectivity index (χ1v) is 13.9. The summed E-state index contributed by atoms with van der Waals surface area (Å²) in [7, 11) is 0. The fourth-order valence-electron chi connectivity index (χ4n) is 5.26. The van der Waals surface area contributed by atoms with Crippen LogP contribution >= 0.6 is 22.9 Å². The molecule has 2 aliphatic rings. The molecule has 0 saturated heterocycles. The van der Waals surface area contributed by atoms with Crippen LogP contribution in [-0.4, -0.2) is 40.4 Å². The van der Waals surface area contributed by atoms with E-state index in [-0.39, 0.29) is 23.4 Å². The van der Waals surface area contributed by atoms with Crippen molar-refractivity contribution in [2.45, 2.75) is 46.7 Å². The zero-order valence-corrected chi connectivity index (χ0v) is 23.6. The highest BCUT2D eigenvalue weighted by atomic mass is 35.5. The highest BCUT2D eigenvalue weighted by Crippen LogP contribution is 2.37. The van der Waals surface area contributed by atoms with Gasteiger partial charge < -0.3 is 9.80 Å².